The minimum atomic E-state index is -1.48. The first kappa shape index (κ1) is 41.5. The van der Waals surface area contributed by atoms with Gasteiger partial charge in [-0.15, -0.1) is 0 Å². The van der Waals surface area contributed by atoms with Crippen LogP contribution in [-0.2, 0) is 19.0 Å². The summed E-state index contributed by atoms with van der Waals surface area (Å²) in [5.41, 5.74) is -1.92. The average Bonchev–Trinajstić information content (AvgIpc) is 3.89. The predicted molar refractivity (Wildman–Crippen MR) is 196 cm³/mol. The van der Waals surface area contributed by atoms with Crippen molar-refractivity contribution in [3.05, 3.63) is 36.0 Å². The third-order valence-corrected chi connectivity index (χ3v) is 11.5. The van der Waals surface area contributed by atoms with Gasteiger partial charge in [0, 0.05) is 50.5 Å². The summed E-state index contributed by atoms with van der Waals surface area (Å²) in [5, 5.41) is 43.4. The summed E-state index contributed by atoms with van der Waals surface area (Å²) >= 11 is 0. The Morgan fingerprint density at radius 1 is 1.14 bits per heavy atom. The predicted octanol–water partition coefficient (Wildman–Crippen LogP) is 5.05. The van der Waals surface area contributed by atoms with Crippen molar-refractivity contribution < 1.29 is 44.2 Å². The van der Waals surface area contributed by atoms with E-state index in [0.717, 1.165) is 13.1 Å². The highest BCUT2D eigenvalue weighted by molar-refractivity contribution is 5.70. The number of cyclic esters (lactones) is 1. The fourth-order valence-electron chi connectivity index (χ4n) is 7.88. The Labute approximate surface area is 305 Å². The van der Waals surface area contributed by atoms with Crippen LogP contribution in [0.25, 0.3) is 0 Å². The Morgan fingerprint density at radius 2 is 1.80 bits per heavy atom. The van der Waals surface area contributed by atoms with E-state index in [9.17, 15) is 30.0 Å². The zero-order valence-corrected chi connectivity index (χ0v) is 31.9. The number of carbonyl (C=O) groups excluding carboxylic acids is 2. The van der Waals surface area contributed by atoms with Crippen LogP contribution in [0.2, 0.25) is 0 Å². The van der Waals surface area contributed by atoms with Crippen molar-refractivity contribution in [2.24, 2.45) is 11.8 Å². The maximum atomic E-state index is 13.5. The van der Waals surface area contributed by atoms with E-state index in [-0.39, 0.29) is 43.3 Å². The van der Waals surface area contributed by atoms with Gasteiger partial charge in [-0.25, -0.2) is 4.79 Å². The monoisotopic (exact) mass is 718 g/mol. The highest BCUT2D eigenvalue weighted by atomic mass is 16.6. The fourth-order valence-corrected chi connectivity index (χ4v) is 7.88. The van der Waals surface area contributed by atoms with Crippen LogP contribution in [0.3, 0.4) is 0 Å². The first-order chi connectivity index (χ1) is 24.1. The SMILES string of the molecule is CC[C@H](O)[C@@H](C)[C@H]1O[C@@H]1C[C@@](C)(O)/C=C/C=C(\C)[C@H]1OC(=O)C[C@H](O)CC[C@@](C)(O)[C@@H](OC(=O)N2CCN(C3CCCCCC3)CC2)/C=C\[C@@H]1C. The number of esters is 1. The van der Waals surface area contributed by atoms with Gasteiger partial charge in [-0.3, -0.25) is 9.69 Å². The van der Waals surface area contributed by atoms with Crippen molar-refractivity contribution in [1.82, 2.24) is 9.80 Å². The van der Waals surface area contributed by atoms with Crippen LogP contribution < -0.4 is 0 Å². The lowest BCUT2D eigenvalue weighted by Crippen LogP contribution is -2.53. The van der Waals surface area contributed by atoms with Crippen molar-refractivity contribution in [2.45, 2.75) is 166 Å². The molecule has 0 bridgehead atoms. The summed E-state index contributed by atoms with van der Waals surface area (Å²) in [7, 11) is 0. The molecule has 0 aromatic carbocycles. The molecule has 0 aromatic heterocycles. The maximum absolute atomic E-state index is 13.5. The van der Waals surface area contributed by atoms with Gasteiger partial charge in [-0.1, -0.05) is 70.8 Å². The minimum Gasteiger partial charge on any atom is -0.457 e. The number of allylic oxidation sites excluding steroid dienone is 2. The Kier molecular flexibility index (Phi) is 15.2. The van der Waals surface area contributed by atoms with Gasteiger partial charge in [0.1, 0.15) is 11.7 Å². The van der Waals surface area contributed by atoms with Crippen LogP contribution in [0.1, 0.15) is 112 Å². The highest BCUT2D eigenvalue weighted by Gasteiger charge is 2.47. The number of hydrogen-bond donors (Lipinski definition) is 4. The zero-order chi connectivity index (χ0) is 37.3. The molecule has 1 saturated carbocycles. The lowest BCUT2D eigenvalue weighted by molar-refractivity contribution is -0.151. The van der Waals surface area contributed by atoms with E-state index < -0.39 is 47.7 Å². The lowest BCUT2D eigenvalue weighted by Gasteiger charge is -2.40. The number of nitrogens with zero attached hydrogens (tertiary/aromatic N) is 2. The van der Waals surface area contributed by atoms with Gasteiger partial charge in [-0.05, 0) is 64.5 Å². The molecule has 4 aliphatic rings. The number of carbonyl (C=O) groups is 2. The summed E-state index contributed by atoms with van der Waals surface area (Å²) in [6.45, 7) is 13.7. The molecular formula is C40H66N2O9. The van der Waals surface area contributed by atoms with E-state index in [1.54, 1.807) is 49.1 Å². The summed E-state index contributed by atoms with van der Waals surface area (Å²) in [4.78, 5) is 30.6. The van der Waals surface area contributed by atoms with Crippen LogP contribution in [0.15, 0.2) is 36.0 Å². The van der Waals surface area contributed by atoms with Gasteiger partial charge in [-0.2, -0.15) is 0 Å². The number of amides is 1. The van der Waals surface area contributed by atoms with Crippen molar-refractivity contribution >= 4 is 12.1 Å². The topological polar surface area (TPSA) is 153 Å². The van der Waals surface area contributed by atoms with E-state index in [2.05, 4.69) is 4.90 Å². The lowest BCUT2D eigenvalue weighted by atomic mass is 9.88. The quantitative estimate of drug-likeness (QED) is 0.0794. The smallest absolute Gasteiger partial charge is 0.410 e. The molecule has 3 fully saturated rings. The molecule has 4 rings (SSSR count). The Morgan fingerprint density at radius 3 is 2.45 bits per heavy atom. The number of piperazine rings is 1. The summed E-state index contributed by atoms with van der Waals surface area (Å²) in [6, 6.07) is 0.581. The number of ether oxygens (including phenoxy) is 3. The number of rotatable bonds is 10. The van der Waals surface area contributed by atoms with Gasteiger partial charge in [0.15, 0.2) is 6.10 Å². The first-order valence-electron chi connectivity index (χ1n) is 19.5. The molecule has 290 valence electrons. The van der Waals surface area contributed by atoms with Crippen LogP contribution in [0, 0.1) is 11.8 Å². The Hall–Kier alpha value is -2.28. The Bertz CT molecular complexity index is 1220. The third kappa shape index (κ3) is 12.4. The normalized spacial score (nSPS) is 35.5. The fraction of sp³-hybridized carbons (Fsp3) is 0.800. The molecule has 10 atom stereocenters. The number of hydrogen-bond acceptors (Lipinski definition) is 10. The Balaban J connectivity index is 1.42. The van der Waals surface area contributed by atoms with Gasteiger partial charge >= 0.3 is 12.1 Å². The van der Waals surface area contributed by atoms with E-state index in [1.807, 2.05) is 27.7 Å². The molecular weight excluding hydrogens is 652 g/mol. The molecule has 1 amide bonds. The van der Waals surface area contributed by atoms with Gasteiger partial charge in [0.2, 0.25) is 0 Å². The van der Waals surface area contributed by atoms with Gasteiger partial charge in [0.25, 0.3) is 0 Å². The van der Waals surface area contributed by atoms with E-state index in [1.165, 1.54) is 38.5 Å². The summed E-state index contributed by atoms with van der Waals surface area (Å²) in [5.74, 6) is -0.935. The molecule has 0 radical (unpaired) electrons. The average molecular weight is 719 g/mol. The molecule has 0 spiro atoms. The summed E-state index contributed by atoms with van der Waals surface area (Å²) in [6.07, 6.45) is 13.4. The van der Waals surface area contributed by atoms with Crippen molar-refractivity contribution in [1.29, 1.82) is 0 Å². The minimum absolute atomic E-state index is 0.0102. The van der Waals surface area contributed by atoms with Crippen molar-refractivity contribution in [3.63, 3.8) is 0 Å². The second kappa shape index (κ2) is 18.7. The molecule has 11 nitrogen and oxygen atoms in total. The van der Waals surface area contributed by atoms with Gasteiger partial charge < -0.3 is 39.5 Å². The van der Waals surface area contributed by atoms with Gasteiger partial charge in [0.05, 0.1) is 36.4 Å². The molecule has 1 aliphatic carbocycles. The first-order valence-corrected chi connectivity index (χ1v) is 19.5. The zero-order valence-electron chi connectivity index (χ0n) is 31.9. The third-order valence-electron chi connectivity index (χ3n) is 11.5. The second-order valence-corrected chi connectivity index (χ2v) is 16.2. The number of aliphatic hydroxyl groups is 4. The maximum Gasteiger partial charge on any atom is 0.410 e. The van der Waals surface area contributed by atoms with Crippen LogP contribution >= 0.6 is 0 Å². The number of aliphatic hydroxyl groups excluding tert-OH is 2. The van der Waals surface area contributed by atoms with Crippen LogP contribution in [0.4, 0.5) is 4.79 Å². The molecule has 3 heterocycles. The van der Waals surface area contributed by atoms with Crippen LogP contribution in [-0.4, -0.2) is 122 Å². The van der Waals surface area contributed by atoms with Crippen LogP contribution in [0.5, 0.6) is 0 Å². The molecule has 0 aromatic rings. The standard InChI is InChI=1S/C40H66N2O9/c1-7-32(44)29(4)37-33(49-37)26-39(5,47)19-12-13-27(2)36-28(3)16-17-34(40(6,48)20-18-31(43)25-35(45)51-36)50-38(46)42-23-21-41(22-24-42)30-14-10-8-9-11-15-30/h12-13,16-17,19,28-34,36-37,43-44,47-48H,7-11,14-15,18,20-26H2,1-6H3/b17-16-,19-12+,27-13+/t28-,29+,31+,32-,33+,34-,36+,37+,39-,40+/m0/s1. The molecule has 2 saturated heterocycles. The van der Waals surface area contributed by atoms with E-state index in [4.69, 9.17) is 14.2 Å². The number of epoxide rings is 1. The van der Waals surface area contributed by atoms with E-state index >= 15 is 0 Å². The molecule has 4 N–H and O–H groups in total. The van der Waals surface area contributed by atoms with Crippen molar-refractivity contribution in [2.75, 3.05) is 26.2 Å². The van der Waals surface area contributed by atoms with Crippen molar-refractivity contribution in [3.8, 4) is 0 Å². The summed E-state index contributed by atoms with van der Waals surface area (Å²) < 4.78 is 17.7. The van der Waals surface area contributed by atoms with E-state index in [0.29, 0.717) is 37.5 Å². The molecule has 51 heavy (non-hydrogen) atoms. The molecule has 11 heteroatoms. The molecule has 0 unspecified atom stereocenters. The highest BCUT2D eigenvalue weighted by Crippen LogP contribution is 2.37. The second-order valence-electron chi connectivity index (χ2n) is 16.2. The largest absolute Gasteiger partial charge is 0.457 e. The molecule has 3 aliphatic heterocycles.